The molecule has 0 heterocycles. The van der Waals surface area contributed by atoms with Gasteiger partial charge in [-0.3, -0.25) is 0 Å². The molecule has 0 bridgehead atoms. The molecule has 2 amide bonds. The largest absolute Gasteiger partial charge is 0.493 e. The Morgan fingerprint density at radius 2 is 1.77 bits per heavy atom. The molecule has 1 fully saturated rings. The second-order valence-electron chi connectivity index (χ2n) is 6.62. The van der Waals surface area contributed by atoms with Gasteiger partial charge in [0.15, 0.2) is 11.5 Å². The Balaban J connectivity index is 1.51. The highest BCUT2D eigenvalue weighted by Gasteiger charge is 2.46. The molecule has 1 aliphatic rings. The summed E-state index contributed by atoms with van der Waals surface area (Å²) in [6.45, 7) is 0.655. The Labute approximate surface area is 154 Å². The summed E-state index contributed by atoms with van der Waals surface area (Å²) in [7, 11) is 3.24. The lowest BCUT2D eigenvalue weighted by Crippen LogP contribution is -2.42. The average Bonchev–Trinajstić information content (AvgIpc) is 3.46. The second-order valence-corrected chi connectivity index (χ2v) is 6.62. The first-order valence-corrected chi connectivity index (χ1v) is 8.99. The molecule has 1 aliphatic carbocycles. The SMILES string of the molecule is COc1ccc(C2(NC(=O)NCCCc3ccccc3)CC2)cc1OC. The van der Waals surface area contributed by atoms with Crippen LogP contribution in [-0.2, 0) is 12.0 Å². The van der Waals surface area contributed by atoms with Crippen LogP contribution in [0.3, 0.4) is 0 Å². The minimum absolute atomic E-state index is 0.120. The summed E-state index contributed by atoms with van der Waals surface area (Å²) in [4.78, 5) is 12.3. The molecule has 0 spiro atoms. The van der Waals surface area contributed by atoms with Crippen molar-refractivity contribution < 1.29 is 14.3 Å². The van der Waals surface area contributed by atoms with E-state index in [0.717, 1.165) is 31.2 Å². The van der Waals surface area contributed by atoms with Crippen LogP contribution >= 0.6 is 0 Å². The van der Waals surface area contributed by atoms with E-state index in [1.807, 2.05) is 36.4 Å². The summed E-state index contributed by atoms with van der Waals surface area (Å²) in [5, 5.41) is 6.09. The maximum absolute atomic E-state index is 12.3. The van der Waals surface area contributed by atoms with E-state index in [4.69, 9.17) is 9.47 Å². The number of hydrogen-bond donors (Lipinski definition) is 2. The van der Waals surface area contributed by atoms with Crippen molar-refractivity contribution in [2.24, 2.45) is 0 Å². The molecule has 5 heteroatoms. The molecule has 0 radical (unpaired) electrons. The van der Waals surface area contributed by atoms with Crippen molar-refractivity contribution in [1.29, 1.82) is 0 Å². The van der Waals surface area contributed by atoms with Gasteiger partial charge in [-0.25, -0.2) is 4.79 Å². The third-order valence-corrected chi connectivity index (χ3v) is 4.81. The number of hydrogen-bond acceptors (Lipinski definition) is 3. The molecular weight excluding hydrogens is 328 g/mol. The molecule has 138 valence electrons. The van der Waals surface area contributed by atoms with E-state index in [1.165, 1.54) is 5.56 Å². The number of aryl methyl sites for hydroxylation is 1. The highest BCUT2D eigenvalue weighted by molar-refractivity contribution is 5.75. The van der Waals surface area contributed by atoms with Crippen LogP contribution in [0.25, 0.3) is 0 Å². The van der Waals surface area contributed by atoms with E-state index in [0.29, 0.717) is 18.0 Å². The average molecular weight is 354 g/mol. The van der Waals surface area contributed by atoms with Gasteiger partial charge in [-0.05, 0) is 48.9 Å². The van der Waals surface area contributed by atoms with Gasteiger partial charge in [0.25, 0.3) is 0 Å². The van der Waals surface area contributed by atoms with Gasteiger partial charge in [-0.15, -0.1) is 0 Å². The quantitative estimate of drug-likeness (QED) is 0.712. The molecule has 26 heavy (non-hydrogen) atoms. The standard InChI is InChI=1S/C21H26N2O3/c1-25-18-11-10-17(15-19(18)26-2)21(12-13-21)23-20(24)22-14-6-9-16-7-4-3-5-8-16/h3-5,7-8,10-11,15H,6,9,12-14H2,1-2H3,(H2,22,23,24). The Hall–Kier alpha value is -2.69. The summed E-state index contributed by atoms with van der Waals surface area (Å²) in [6, 6.07) is 16.0. The molecule has 0 saturated heterocycles. The van der Waals surface area contributed by atoms with Gasteiger partial charge < -0.3 is 20.1 Å². The highest BCUT2D eigenvalue weighted by Crippen LogP contribution is 2.47. The molecular formula is C21H26N2O3. The topological polar surface area (TPSA) is 59.6 Å². The number of benzene rings is 2. The second kappa shape index (κ2) is 8.13. The van der Waals surface area contributed by atoms with Crippen LogP contribution in [0.4, 0.5) is 4.79 Å². The number of methoxy groups -OCH3 is 2. The van der Waals surface area contributed by atoms with Crippen LogP contribution in [-0.4, -0.2) is 26.8 Å². The van der Waals surface area contributed by atoms with Gasteiger partial charge in [0.2, 0.25) is 0 Å². The first-order chi connectivity index (χ1) is 12.7. The van der Waals surface area contributed by atoms with Gasteiger partial charge in [0.1, 0.15) is 0 Å². The fourth-order valence-electron chi connectivity index (χ4n) is 3.15. The number of rotatable bonds is 8. The fraction of sp³-hybridized carbons (Fsp3) is 0.381. The minimum Gasteiger partial charge on any atom is -0.493 e. The van der Waals surface area contributed by atoms with Crippen LogP contribution in [0.1, 0.15) is 30.4 Å². The molecule has 1 saturated carbocycles. The maximum Gasteiger partial charge on any atom is 0.315 e. The van der Waals surface area contributed by atoms with Crippen LogP contribution in [0.2, 0.25) is 0 Å². The molecule has 0 aromatic heterocycles. The number of amides is 2. The van der Waals surface area contributed by atoms with Crippen molar-refractivity contribution >= 4 is 6.03 Å². The third kappa shape index (κ3) is 4.28. The minimum atomic E-state index is -0.289. The number of nitrogens with one attached hydrogen (secondary N) is 2. The summed E-state index contributed by atoms with van der Waals surface area (Å²) in [6.07, 6.45) is 3.74. The molecule has 3 rings (SSSR count). The van der Waals surface area contributed by atoms with Crippen molar-refractivity contribution in [3.05, 3.63) is 59.7 Å². The lowest BCUT2D eigenvalue weighted by atomic mass is 10.0. The van der Waals surface area contributed by atoms with Gasteiger partial charge in [-0.2, -0.15) is 0 Å². The predicted octanol–water partition coefficient (Wildman–Crippen LogP) is 3.62. The summed E-state index contributed by atoms with van der Waals surface area (Å²) in [5.74, 6) is 1.37. The van der Waals surface area contributed by atoms with Crippen molar-refractivity contribution in [1.82, 2.24) is 10.6 Å². The molecule has 0 atom stereocenters. The third-order valence-electron chi connectivity index (χ3n) is 4.81. The summed E-state index contributed by atoms with van der Waals surface area (Å²) in [5.41, 5.74) is 2.05. The summed E-state index contributed by atoms with van der Waals surface area (Å²) < 4.78 is 10.7. The van der Waals surface area contributed by atoms with Crippen molar-refractivity contribution in [3.63, 3.8) is 0 Å². The zero-order valence-electron chi connectivity index (χ0n) is 15.4. The number of urea groups is 1. The zero-order valence-corrected chi connectivity index (χ0v) is 15.4. The van der Waals surface area contributed by atoms with Crippen LogP contribution in [0.5, 0.6) is 11.5 Å². The monoisotopic (exact) mass is 354 g/mol. The Morgan fingerprint density at radius 3 is 2.42 bits per heavy atom. The van der Waals surface area contributed by atoms with E-state index < -0.39 is 0 Å². The van der Waals surface area contributed by atoms with Gasteiger partial charge in [-0.1, -0.05) is 36.4 Å². The van der Waals surface area contributed by atoms with Crippen molar-refractivity contribution in [2.45, 2.75) is 31.2 Å². The van der Waals surface area contributed by atoms with Crippen molar-refractivity contribution in [2.75, 3.05) is 20.8 Å². The van der Waals surface area contributed by atoms with Crippen molar-refractivity contribution in [3.8, 4) is 11.5 Å². The van der Waals surface area contributed by atoms with Crippen LogP contribution < -0.4 is 20.1 Å². The van der Waals surface area contributed by atoms with E-state index >= 15 is 0 Å². The van der Waals surface area contributed by atoms with E-state index in [1.54, 1.807) is 14.2 Å². The highest BCUT2D eigenvalue weighted by atomic mass is 16.5. The number of carbonyl (C=O) groups excluding carboxylic acids is 1. The summed E-state index contributed by atoms with van der Waals surface area (Å²) >= 11 is 0. The first kappa shape index (κ1) is 18.1. The Kier molecular flexibility index (Phi) is 5.66. The van der Waals surface area contributed by atoms with Crippen LogP contribution in [0, 0.1) is 0 Å². The van der Waals surface area contributed by atoms with Crippen LogP contribution in [0.15, 0.2) is 48.5 Å². The van der Waals surface area contributed by atoms with E-state index in [-0.39, 0.29) is 11.6 Å². The Bertz CT molecular complexity index is 742. The molecule has 2 N–H and O–H groups in total. The predicted molar refractivity (Wildman–Crippen MR) is 102 cm³/mol. The maximum atomic E-state index is 12.3. The molecule has 0 aliphatic heterocycles. The molecule has 2 aromatic carbocycles. The van der Waals surface area contributed by atoms with Gasteiger partial charge in [0.05, 0.1) is 19.8 Å². The Morgan fingerprint density at radius 1 is 1.04 bits per heavy atom. The molecule has 5 nitrogen and oxygen atoms in total. The molecule has 0 unspecified atom stereocenters. The van der Waals surface area contributed by atoms with Gasteiger partial charge >= 0.3 is 6.03 Å². The zero-order chi connectivity index (χ0) is 18.4. The normalized spacial score (nSPS) is 14.4. The molecule has 2 aromatic rings. The smallest absolute Gasteiger partial charge is 0.315 e. The lowest BCUT2D eigenvalue weighted by molar-refractivity contribution is 0.235. The van der Waals surface area contributed by atoms with E-state index in [9.17, 15) is 4.79 Å². The van der Waals surface area contributed by atoms with E-state index in [2.05, 4.69) is 22.8 Å². The number of ether oxygens (including phenoxy) is 2. The first-order valence-electron chi connectivity index (χ1n) is 8.99. The fourth-order valence-corrected chi connectivity index (χ4v) is 3.15. The van der Waals surface area contributed by atoms with Gasteiger partial charge in [0, 0.05) is 6.54 Å². The lowest BCUT2D eigenvalue weighted by Gasteiger charge is -2.20. The number of carbonyl (C=O) groups is 1.